The Hall–Kier alpha value is -3.48. The molecule has 0 bridgehead atoms. The number of esters is 1. The quantitative estimate of drug-likeness (QED) is 0.267. The van der Waals surface area contributed by atoms with Gasteiger partial charge in [0.1, 0.15) is 24.0 Å². The van der Waals surface area contributed by atoms with Gasteiger partial charge in [0.15, 0.2) is 11.6 Å². The number of halogens is 3. The minimum absolute atomic E-state index is 0.0302. The van der Waals surface area contributed by atoms with Crippen LogP contribution in [0.4, 0.5) is 13.2 Å². The van der Waals surface area contributed by atoms with Gasteiger partial charge in [0.2, 0.25) is 0 Å². The molecule has 0 heterocycles. The van der Waals surface area contributed by atoms with Crippen molar-refractivity contribution in [3.8, 4) is 22.6 Å². The van der Waals surface area contributed by atoms with E-state index in [1.54, 1.807) is 24.3 Å². The van der Waals surface area contributed by atoms with E-state index in [1.165, 1.54) is 38.5 Å². The van der Waals surface area contributed by atoms with Gasteiger partial charge in [-0.1, -0.05) is 32.4 Å². The van der Waals surface area contributed by atoms with Crippen molar-refractivity contribution in [3.63, 3.8) is 0 Å². The summed E-state index contributed by atoms with van der Waals surface area (Å²) in [6.07, 6.45) is 3.11. The summed E-state index contributed by atoms with van der Waals surface area (Å²) >= 11 is 0. The molecule has 0 saturated heterocycles. The van der Waals surface area contributed by atoms with Crippen LogP contribution in [0.15, 0.2) is 48.5 Å². The molecule has 0 radical (unpaired) electrons. The van der Waals surface area contributed by atoms with E-state index in [9.17, 15) is 9.18 Å². The van der Waals surface area contributed by atoms with Crippen LogP contribution >= 0.6 is 0 Å². The maximum Gasteiger partial charge on any atom is 0.305 e. The molecule has 0 spiro atoms. The second kappa shape index (κ2) is 11.5. The number of hydrogen-bond acceptors (Lipinski definition) is 4. The molecule has 0 N–H and O–H groups in total. The molecular weight excluding hydrogens is 493 g/mol. The van der Waals surface area contributed by atoms with E-state index in [4.69, 9.17) is 9.47 Å². The molecule has 1 atom stereocenters. The Morgan fingerprint density at radius 2 is 1.76 bits per heavy atom. The highest BCUT2D eigenvalue weighted by molar-refractivity contribution is 5.71. The molecule has 202 valence electrons. The lowest BCUT2D eigenvalue weighted by Crippen LogP contribution is -2.17. The van der Waals surface area contributed by atoms with Crippen LogP contribution in [-0.4, -0.2) is 20.2 Å². The van der Waals surface area contributed by atoms with Crippen molar-refractivity contribution in [2.45, 2.75) is 58.5 Å². The predicted octanol–water partition coefficient (Wildman–Crippen LogP) is 7.76. The van der Waals surface area contributed by atoms with Crippen LogP contribution < -0.4 is 9.47 Å². The van der Waals surface area contributed by atoms with E-state index in [1.807, 2.05) is 0 Å². The molecule has 0 amide bonds. The summed E-state index contributed by atoms with van der Waals surface area (Å²) in [6.45, 7) is 4.14. The standard InChI is InChI=1S/C31H33F3O4/c1-31(2)14-6-8-25(31)23-15-20(27(33)17-22(23)24-16-21(36-3)11-12-26(24)32)18-38-28-9-5-7-19(30(28)34)10-13-29(35)37-4/h5,7,9,11-12,15-17,25H,6,8,10,13-14,18H2,1-4H3/t25-/m1/s1. The lowest BCUT2D eigenvalue weighted by molar-refractivity contribution is -0.140. The molecule has 7 heteroatoms. The average Bonchev–Trinajstić information content (AvgIpc) is 3.26. The molecule has 0 aromatic heterocycles. The summed E-state index contributed by atoms with van der Waals surface area (Å²) in [7, 11) is 2.78. The Morgan fingerprint density at radius 1 is 0.974 bits per heavy atom. The van der Waals surface area contributed by atoms with Crippen LogP contribution in [0.5, 0.6) is 11.5 Å². The zero-order chi connectivity index (χ0) is 27.4. The van der Waals surface area contributed by atoms with Gasteiger partial charge in [-0.2, -0.15) is 0 Å². The zero-order valence-electron chi connectivity index (χ0n) is 22.2. The zero-order valence-corrected chi connectivity index (χ0v) is 22.2. The van der Waals surface area contributed by atoms with Crippen molar-refractivity contribution in [1.82, 2.24) is 0 Å². The first-order chi connectivity index (χ1) is 18.1. The molecule has 0 aliphatic heterocycles. The number of rotatable bonds is 9. The number of aryl methyl sites for hydroxylation is 1. The molecule has 38 heavy (non-hydrogen) atoms. The SMILES string of the molecule is COC(=O)CCc1cccc(OCc2cc([C@H]3CCCC3(C)C)c(-c3cc(OC)ccc3F)cc2F)c1F. The van der Waals surface area contributed by atoms with E-state index in [0.29, 0.717) is 16.9 Å². The summed E-state index contributed by atoms with van der Waals surface area (Å²) in [5.41, 5.74) is 2.11. The lowest BCUT2D eigenvalue weighted by Gasteiger charge is -2.30. The smallest absolute Gasteiger partial charge is 0.305 e. The van der Waals surface area contributed by atoms with Crippen LogP contribution in [-0.2, 0) is 22.6 Å². The van der Waals surface area contributed by atoms with Gasteiger partial charge >= 0.3 is 5.97 Å². The number of ether oxygens (including phenoxy) is 3. The van der Waals surface area contributed by atoms with E-state index in [-0.39, 0.29) is 47.7 Å². The third kappa shape index (κ3) is 5.82. The summed E-state index contributed by atoms with van der Waals surface area (Å²) < 4.78 is 61.1. The van der Waals surface area contributed by atoms with Crippen molar-refractivity contribution in [2.75, 3.05) is 14.2 Å². The molecule has 3 aromatic rings. The normalized spacial score (nSPS) is 16.3. The number of benzene rings is 3. The van der Waals surface area contributed by atoms with E-state index in [2.05, 4.69) is 18.6 Å². The van der Waals surface area contributed by atoms with Crippen LogP contribution in [0.3, 0.4) is 0 Å². The Labute approximate surface area is 221 Å². The summed E-state index contributed by atoms with van der Waals surface area (Å²) in [6, 6.07) is 12.2. The van der Waals surface area contributed by atoms with Gasteiger partial charge in [0.25, 0.3) is 0 Å². The first-order valence-corrected chi connectivity index (χ1v) is 12.8. The molecule has 1 saturated carbocycles. The fraction of sp³-hybridized carbons (Fsp3) is 0.387. The summed E-state index contributed by atoms with van der Waals surface area (Å²) in [5.74, 6) is -1.52. The Kier molecular flexibility index (Phi) is 8.34. The van der Waals surface area contributed by atoms with Gasteiger partial charge in [-0.3, -0.25) is 4.79 Å². The lowest BCUT2D eigenvalue weighted by atomic mass is 9.75. The number of carbonyl (C=O) groups excluding carboxylic acids is 1. The van der Waals surface area contributed by atoms with Gasteiger partial charge in [-0.15, -0.1) is 0 Å². The van der Waals surface area contributed by atoms with E-state index >= 15 is 8.78 Å². The third-order valence-electron chi connectivity index (χ3n) is 7.57. The Bertz CT molecular complexity index is 1320. The van der Waals surface area contributed by atoms with Gasteiger partial charge in [0, 0.05) is 17.5 Å². The van der Waals surface area contributed by atoms with Crippen molar-refractivity contribution >= 4 is 5.97 Å². The van der Waals surface area contributed by atoms with Crippen molar-refractivity contribution in [3.05, 3.63) is 82.7 Å². The largest absolute Gasteiger partial charge is 0.497 e. The third-order valence-corrected chi connectivity index (χ3v) is 7.57. The molecule has 0 unspecified atom stereocenters. The van der Waals surface area contributed by atoms with Crippen molar-refractivity contribution < 1.29 is 32.2 Å². The monoisotopic (exact) mass is 526 g/mol. The molecule has 4 nitrogen and oxygen atoms in total. The first kappa shape index (κ1) is 27.6. The maximum atomic E-state index is 15.5. The van der Waals surface area contributed by atoms with Crippen LogP contribution in [0.1, 0.15) is 62.1 Å². The van der Waals surface area contributed by atoms with Gasteiger partial charge in [-0.05, 0) is 83.7 Å². The highest BCUT2D eigenvalue weighted by Crippen LogP contribution is 2.51. The van der Waals surface area contributed by atoms with Crippen LogP contribution in [0.2, 0.25) is 0 Å². The predicted molar refractivity (Wildman–Crippen MR) is 140 cm³/mol. The number of carbonyl (C=O) groups is 1. The van der Waals surface area contributed by atoms with Gasteiger partial charge < -0.3 is 14.2 Å². The average molecular weight is 527 g/mol. The Balaban J connectivity index is 1.69. The molecule has 4 rings (SSSR count). The van der Waals surface area contributed by atoms with Gasteiger partial charge in [-0.25, -0.2) is 13.2 Å². The van der Waals surface area contributed by atoms with Gasteiger partial charge in [0.05, 0.1) is 14.2 Å². The van der Waals surface area contributed by atoms with Crippen LogP contribution in [0.25, 0.3) is 11.1 Å². The minimum Gasteiger partial charge on any atom is -0.497 e. The fourth-order valence-electron chi connectivity index (χ4n) is 5.37. The van der Waals surface area contributed by atoms with Crippen LogP contribution in [0, 0.1) is 22.9 Å². The minimum atomic E-state index is -0.593. The highest BCUT2D eigenvalue weighted by Gasteiger charge is 2.37. The van der Waals surface area contributed by atoms with Crippen molar-refractivity contribution in [1.29, 1.82) is 0 Å². The molecular formula is C31H33F3O4. The second-order valence-electron chi connectivity index (χ2n) is 10.4. The molecule has 3 aromatic carbocycles. The second-order valence-corrected chi connectivity index (χ2v) is 10.4. The highest BCUT2D eigenvalue weighted by atomic mass is 19.1. The Morgan fingerprint density at radius 3 is 2.45 bits per heavy atom. The fourth-order valence-corrected chi connectivity index (χ4v) is 5.37. The first-order valence-electron chi connectivity index (χ1n) is 12.8. The molecule has 1 aliphatic carbocycles. The number of methoxy groups -OCH3 is 2. The van der Waals surface area contributed by atoms with E-state index in [0.717, 1.165) is 24.8 Å². The number of hydrogen-bond donors (Lipinski definition) is 0. The summed E-state index contributed by atoms with van der Waals surface area (Å²) in [5, 5.41) is 0. The van der Waals surface area contributed by atoms with Crippen molar-refractivity contribution in [2.24, 2.45) is 5.41 Å². The summed E-state index contributed by atoms with van der Waals surface area (Å²) in [4.78, 5) is 11.5. The topological polar surface area (TPSA) is 44.8 Å². The molecule has 1 fully saturated rings. The molecule has 1 aliphatic rings. The maximum absolute atomic E-state index is 15.5. The van der Waals surface area contributed by atoms with E-state index < -0.39 is 23.4 Å².